The molecule has 2 rings (SSSR count). The summed E-state index contributed by atoms with van der Waals surface area (Å²) in [6, 6.07) is 6.91. The van der Waals surface area contributed by atoms with E-state index in [4.69, 9.17) is 4.74 Å². The molecule has 2 amide bonds. The second kappa shape index (κ2) is 9.25. The van der Waals surface area contributed by atoms with Crippen LogP contribution in [0.15, 0.2) is 24.3 Å². The van der Waals surface area contributed by atoms with Gasteiger partial charge in [-0.05, 0) is 51.3 Å². The standard InChI is InChI=1S/C19H28N2O3S/c1-13-6-5-7-16(10-13)18(22)20-17(8-9-25-4)19(23)21-11-14(2)24-15(3)12-21/h5-7,10,14-15,17H,8-9,11-12H2,1-4H3,(H,20,22). The Bertz CT molecular complexity index is 598. The minimum atomic E-state index is -0.502. The summed E-state index contributed by atoms with van der Waals surface area (Å²) in [6.07, 6.45) is 2.66. The van der Waals surface area contributed by atoms with Crippen molar-refractivity contribution in [2.45, 2.75) is 45.4 Å². The van der Waals surface area contributed by atoms with Crippen molar-refractivity contribution in [3.8, 4) is 0 Å². The third-order valence-electron chi connectivity index (χ3n) is 4.23. The molecule has 3 unspecified atom stereocenters. The van der Waals surface area contributed by atoms with Crippen LogP contribution in [0.2, 0.25) is 0 Å². The molecule has 138 valence electrons. The number of hydrogen-bond acceptors (Lipinski definition) is 4. The van der Waals surface area contributed by atoms with E-state index in [1.807, 2.05) is 50.1 Å². The molecule has 6 heteroatoms. The number of ether oxygens (including phenoxy) is 1. The molecule has 25 heavy (non-hydrogen) atoms. The Morgan fingerprint density at radius 1 is 1.32 bits per heavy atom. The second-order valence-corrected chi connectivity index (χ2v) is 7.66. The zero-order valence-corrected chi connectivity index (χ0v) is 16.3. The Balaban J connectivity index is 2.09. The van der Waals surface area contributed by atoms with Gasteiger partial charge in [0.25, 0.3) is 5.91 Å². The van der Waals surface area contributed by atoms with Gasteiger partial charge in [-0.1, -0.05) is 17.7 Å². The first-order valence-electron chi connectivity index (χ1n) is 8.71. The van der Waals surface area contributed by atoms with Crippen LogP contribution < -0.4 is 5.32 Å². The third kappa shape index (κ3) is 5.75. The third-order valence-corrected chi connectivity index (χ3v) is 4.87. The van der Waals surface area contributed by atoms with Crippen molar-refractivity contribution in [2.75, 3.05) is 25.1 Å². The number of thioether (sulfide) groups is 1. The van der Waals surface area contributed by atoms with Crippen LogP contribution in [0.4, 0.5) is 0 Å². The molecule has 3 atom stereocenters. The molecule has 1 aromatic rings. The zero-order chi connectivity index (χ0) is 18.4. The van der Waals surface area contributed by atoms with Gasteiger partial charge in [-0.2, -0.15) is 11.8 Å². The van der Waals surface area contributed by atoms with Gasteiger partial charge < -0.3 is 15.0 Å². The van der Waals surface area contributed by atoms with Crippen LogP contribution in [0, 0.1) is 6.92 Å². The number of aryl methyl sites for hydroxylation is 1. The molecule has 1 saturated heterocycles. The second-order valence-electron chi connectivity index (χ2n) is 6.68. The Kier molecular flexibility index (Phi) is 7.32. The lowest BCUT2D eigenvalue weighted by Crippen LogP contribution is -2.55. The molecule has 0 aromatic heterocycles. The molecule has 5 nitrogen and oxygen atoms in total. The van der Waals surface area contributed by atoms with Crippen molar-refractivity contribution in [1.29, 1.82) is 0 Å². The van der Waals surface area contributed by atoms with Crippen LogP contribution in [-0.2, 0) is 9.53 Å². The maximum atomic E-state index is 13.0. The van der Waals surface area contributed by atoms with Gasteiger partial charge in [-0.25, -0.2) is 0 Å². The highest BCUT2D eigenvalue weighted by Crippen LogP contribution is 2.14. The van der Waals surface area contributed by atoms with E-state index in [0.29, 0.717) is 25.1 Å². The summed E-state index contributed by atoms with van der Waals surface area (Å²) in [5, 5.41) is 2.94. The summed E-state index contributed by atoms with van der Waals surface area (Å²) < 4.78 is 5.71. The minimum absolute atomic E-state index is 0.0152. The van der Waals surface area contributed by atoms with Gasteiger partial charge in [0, 0.05) is 18.7 Å². The highest BCUT2D eigenvalue weighted by Gasteiger charge is 2.31. The molecule has 1 heterocycles. The summed E-state index contributed by atoms with van der Waals surface area (Å²) >= 11 is 1.67. The van der Waals surface area contributed by atoms with Crippen LogP contribution >= 0.6 is 11.8 Å². The van der Waals surface area contributed by atoms with Crippen LogP contribution in [0.3, 0.4) is 0 Å². The molecule has 1 N–H and O–H groups in total. The van der Waals surface area contributed by atoms with E-state index < -0.39 is 6.04 Å². The fraction of sp³-hybridized carbons (Fsp3) is 0.579. The van der Waals surface area contributed by atoms with Gasteiger partial charge >= 0.3 is 0 Å². The average molecular weight is 365 g/mol. The topological polar surface area (TPSA) is 58.6 Å². The van der Waals surface area contributed by atoms with Gasteiger partial charge in [0.15, 0.2) is 0 Å². The van der Waals surface area contributed by atoms with E-state index in [9.17, 15) is 9.59 Å². The Morgan fingerprint density at radius 3 is 2.60 bits per heavy atom. The predicted octanol–water partition coefficient (Wildman–Crippen LogP) is 2.48. The Labute approximate surface area is 154 Å². The summed E-state index contributed by atoms with van der Waals surface area (Å²) in [4.78, 5) is 27.4. The van der Waals surface area contributed by atoms with Gasteiger partial charge in [-0.3, -0.25) is 9.59 Å². The fourth-order valence-electron chi connectivity index (χ4n) is 3.10. The SMILES string of the molecule is CSCCC(NC(=O)c1cccc(C)c1)C(=O)N1CC(C)OC(C)C1. The van der Waals surface area contributed by atoms with Crippen LogP contribution in [0.5, 0.6) is 0 Å². The van der Waals surface area contributed by atoms with Gasteiger partial charge in [0.1, 0.15) is 6.04 Å². The normalized spacial score (nSPS) is 21.7. The average Bonchev–Trinajstić information content (AvgIpc) is 2.57. The molecular formula is C19H28N2O3S. The number of benzene rings is 1. The lowest BCUT2D eigenvalue weighted by molar-refractivity contribution is -0.145. The van der Waals surface area contributed by atoms with Crippen LogP contribution in [0.25, 0.3) is 0 Å². The minimum Gasteiger partial charge on any atom is -0.372 e. The molecule has 0 saturated carbocycles. The summed E-state index contributed by atoms with van der Waals surface area (Å²) in [5.41, 5.74) is 1.61. The van der Waals surface area contributed by atoms with E-state index in [1.54, 1.807) is 17.8 Å². The largest absolute Gasteiger partial charge is 0.372 e. The molecule has 1 aromatic carbocycles. The van der Waals surface area contributed by atoms with Crippen molar-refractivity contribution in [3.05, 3.63) is 35.4 Å². The van der Waals surface area contributed by atoms with Crippen molar-refractivity contribution >= 4 is 23.6 Å². The summed E-state index contributed by atoms with van der Waals surface area (Å²) in [6.45, 7) is 7.03. The van der Waals surface area contributed by atoms with Crippen LogP contribution in [-0.4, -0.2) is 60.1 Å². The van der Waals surface area contributed by atoms with Crippen molar-refractivity contribution in [2.24, 2.45) is 0 Å². The number of morpholine rings is 1. The van der Waals surface area contributed by atoms with E-state index in [1.165, 1.54) is 0 Å². The number of rotatable bonds is 6. The smallest absolute Gasteiger partial charge is 0.251 e. The van der Waals surface area contributed by atoms with Crippen LogP contribution in [0.1, 0.15) is 36.2 Å². The van der Waals surface area contributed by atoms with Crippen molar-refractivity contribution in [3.63, 3.8) is 0 Å². The fourth-order valence-corrected chi connectivity index (χ4v) is 3.57. The lowest BCUT2D eigenvalue weighted by Gasteiger charge is -2.37. The maximum absolute atomic E-state index is 13.0. The Hall–Kier alpha value is -1.53. The molecule has 0 spiro atoms. The molecule has 1 fully saturated rings. The molecular weight excluding hydrogens is 336 g/mol. The summed E-state index contributed by atoms with van der Waals surface area (Å²) in [5.74, 6) is 0.606. The molecule has 0 bridgehead atoms. The first kappa shape index (κ1) is 19.8. The Morgan fingerprint density at radius 2 is 2.00 bits per heavy atom. The number of amides is 2. The lowest BCUT2D eigenvalue weighted by atomic mass is 10.1. The van der Waals surface area contributed by atoms with E-state index in [2.05, 4.69) is 5.32 Å². The zero-order valence-electron chi connectivity index (χ0n) is 15.5. The van der Waals surface area contributed by atoms with E-state index >= 15 is 0 Å². The first-order valence-corrected chi connectivity index (χ1v) is 10.1. The van der Waals surface area contributed by atoms with Crippen molar-refractivity contribution < 1.29 is 14.3 Å². The number of hydrogen-bond donors (Lipinski definition) is 1. The number of carbonyl (C=O) groups is 2. The van der Waals surface area contributed by atoms with Gasteiger partial charge in [-0.15, -0.1) is 0 Å². The summed E-state index contributed by atoms with van der Waals surface area (Å²) in [7, 11) is 0. The quantitative estimate of drug-likeness (QED) is 0.842. The number of carbonyl (C=O) groups excluding carboxylic acids is 2. The van der Waals surface area contributed by atoms with E-state index in [-0.39, 0.29) is 24.0 Å². The monoisotopic (exact) mass is 364 g/mol. The molecule has 1 aliphatic heterocycles. The van der Waals surface area contributed by atoms with Crippen molar-refractivity contribution in [1.82, 2.24) is 10.2 Å². The molecule has 0 radical (unpaired) electrons. The van der Waals surface area contributed by atoms with Gasteiger partial charge in [0.05, 0.1) is 12.2 Å². The maximum Gasteiger partial charge on any atom is 0.251 e. The highest BCUT2D eigenvalue weighted by molar-refractivity contribution is 7.98. The number of nitrogens with one attached hydrogen (secondary N) is 1. The first-order chi connectivity index (χ1) is 11.9. The molecule has 1 aliphatic rings. The molecule has 0 aliphatic carbocycles. The van der Waals surface area contributed by atoms with E-state index in [0.717, 1.165) is 11.3 Å². The predicted molar refractivity (Wildman–Crippen MR) is 102 cm³/mol. The van der Waals surface area contributed by atoms with Gasteiger partial charge in [0.2, 0.25) is 5.91 Å². The highest BCUT2D eigenvalue weighted by atomic mass is 32.2. The number of nitrogens with zero attached hydrogens (tertiary/aromatic N) is 1.